The predicted octanol–water partition coefficient (Wildman–Crippen LogP) is 3.70. The average molecular weight is 288 g/mol. The number of allylic oxidation sites excluding steroid dienone is 2. The smallest absolute Gasteiger partial charge is 0.0887 e. The molecule has 116 valence electrons. The highest BCUT2D eigenvalue weighted by atomic mass is 16.5. The van der Waals surface area contributed by atoms with Crippen LogP contribution < -0.4 is 5.32 Å². The molecule has 0 saturated carbocycles. The summed E-state index contributed by atoms with van der Waals surface area (Å²) in [7, 11) is 0. The normalized spacial score (nSPS) is 21.6. The summed E-state index contributed by atoms with van der Waals surface area (Å²) in [5.41, 5.74) is 2.26. The Labute approximate surface area is 128 Å². The minimum Gasteiger partial charge on any atom is -0.375 e. The lowest BCUT2D eigenvalue weighted by Gasteiger charge is -2.24. The molecule has 21 heavy (non-hydrogen) atoms. The molecule has 1 aromatic rings. The number of aromatic nitrogens is 1. The number of rotatable bonds is 8. The molecule has 0 fully saturated rings. The summed E-state index contributed by atoms with van der Waals surface area (Å²) >= 11 is 0. The first-order valence-corrected chi connectivity index (χ1v) is 8.17. The van der Waals surface area contributed by atoms with Crippen molar-refractivity contribution < 1.29 is 4.74 Å². The summed E-state index contributed by atoms with van der Waals surface area (Å²) in [6.07, 6.45) is 10.0. The van der Waals surface area contributed by atoms with E-state index in [1.165, 1.54) is 12.0 Å². The van der Waals surface area contributed by atoms with E-state index in [4.69, 9.17) is 4.74 Å². The van der Waals surface area contributed by atoms with Gasteiger partial charge in [-0.25, -0.2) is 0 Å². The summed E-state index contributed by atoms with van der Waals surface area (Å²) in [6.45, 7) is 7.90. The Morgan fingerprint density at radius 3 is 2.86 bits per heavy atom. The van der Waals surface area contributed by atoms with E-state index in [9.17, 15) is 0 Å². The van der Waals surface area contributed by atoms with Gasteiger partial charge in [0.25, 0.3) is 0 Å². The van der Waals surface area contributed by atoms with Crippen molar-refractivity contribution in [3.8, 4) is 0 Å². The Morgan fingerprint density at radius 1 is 1.29 bits per heavy atom. The van der Waals surface area contributed by atoms with E-state index in [0.717, 1.165) is 44.1 Å². The van der Waals surface area contributed by atoms with E-state index in [2.05, 4.69) is 48.4 Å². The Morgan fingerprint density at radius 2 is 2.14 bits per heavy atom. The molecule has 1 aliphatic carbocycles. The molecule has 3 heteroatoms. The van der Waals surface area contributed by atoms with Crippen LogP contribution in [0.2, 0.25) is 0 Å². The number of nitrogens with one attached hydrogen (secondary N) is 1. The highest BCUT2D eigenvalue weighted by Crippen LogP contribution is 2.25. The predicted molar refractivity (Wildman–Crippen MR) is 86.9 cm³/mol. The van der Waals surface area contributed by atoms with Crippen molar-refractivity contribution in [2.24, 2.45) is 11.8 Å². The molecule has 1 heterocycles. The van der Waals surface area contributed by atoms with Crippen LogP contribution in [0.1, 0.15) is 44.4 Å². The van der Waals surface area contributed by atoms with Crippen molar-refractivity contribution >= 4 is 0 Å². The third kappa shape index (κ3) is 5.60. The molecule has 0 spiro atoms. The van der Waals surface area contributed by atoms with Crippen molar-refractivity contribution in [3.05, 3.63) is 41.7 Å². The first-order chi connectivity index (χ1) is 10.3. The van der Waals surface area contributed by atoms with Crippen LogP contribution in [0.4, 0.5) is 0 Å². The maximum atomic E-state index is 5.86. The third-order valence-electron chi connectivity index (χ3n) is 4.14. The van der Waals surface area contributed by atoms with Gasteiger partial charge in [0.05, 0.1) is 18.9 Å². The van der Waals surface area contributed by atoms with Crippen LogP contribution in [0, 0.1) is 11.8 Å². The van der Waals surface area contributed by atoms with Gasteiger partial charge in [0.15, 0.2) is 0 Å². The summed E-state index contributed by atoms with van der Waals surface area (Å²) in [4.78, 5) is 4.48. The maximum absolute atomic E-state index is 5.86. The number of nitrogens with zero attached hydrogens (tertiary/aromatic N) is 1. The fraction of sp³-hybridized carbons (Fsp3) is 0.611. The van der Waals surface area contributed by atoms with Crippen molar-refractivity contribution in [1.29, 1.82) is 0 Å². The largest absolute Gasteiger partial charge is 0.375 e. The SMILES string of the molecule is CCCNCc1ccc(COCC2CC=CCC2C)nc1. The van der Waals surface area contributed by atoms with Gasteiger partial charge in [-0.3, -0.25) is 4.98 Å². The van der Waals surface area contributed by atoms with E-state index in [1.807, 2.05) is 6.20 Å². The second-order valence-electron chi connectivity index (χ2n) is 6.03. The lowest BCUT2D eigenvalue weighted by atomic mass is 9.85. The van der Waals surface area contributed by atoms with Gasteiger partial charge in [-0.15, -0.1) is 0 Å². The minimum absolute atomic E-state index is 0.621. The van der Waals surface area contributed by atoms with Crippen LogP contribution in [0.5, 0.6) is 0 Å². The number of hydrogen-bond acceptors (Lipinski definition) is 3. The van der Waals surface area contributed by atoms with Gasteiger partial charge in [0, 0.05) is 12.7 Å². The second-order valence-corrected chi connectivity index (χ2v) is 6.03. The third-order valence-corrected chi connectivity index (χ3v) is 4.14. The molecular formula is C18H28N2O. The van der Waals surface area contributed by atoms with Crippen LogP contribution in [0.25, 0.3) is 0 Å². The molecule has 2 unspecified atom stereocenters. The first-order valence-electron chi connectivity index (χ1n) is 8.17. The van der Waals surface area contributed by atoms with Crippen LogP contribution in [-0.4, -0.2) is 18.1 Å². The monoisotopic (exact) mass is 288 g/mol. The van der Waals surface area contributed by atoms with Crippen molar-refractivity contribution in [2.75, 3.05) is 13.2 Å². The molecule has 1 aromatic heterocycles. The van der Waals surface area contributed by atoms with E-state index in [1.54, 1.807) is 0 Å². The van der Waals surface area contributed by atoms with Crippen LogP contribution in [0.15, 0.2) is 30.5 Å². The zero-order valence-corrected chi connectivity index (χ0v) is 13.3. The fourth-order valence-corrected chi connectivity index (χ4v) is 2.61. The zero-order chi connectivity index (χ0) is 14.9. The molecular weight excluding hydrogens is 260 g/mol. The van der Waals surface area contributed by atoms with E-state index < -0.39 is 0 Å². The van der Waals surface area contributed by atoms with Crippen molar-refractivity contribution in [3.63, 3.8) is 0 Å². The molecule has 0 aromatic carbocycles. The Balaban J connectivity index is 1.69. The van der Waals surface area contributed by atoms with Crippen molar-refractivity contribution in [2.45, 2.75) is 46.3 Å². The standard InChI is InChI=1S/C18H28N2O/c1-3-10-19-11-16-8-9-18(20-12-16)14-21-13-17-7-5-4-6-15(17)2/h4-5,8-9,12,15,17,19H,3,6-7,10-11,13-14H2,1-2H3. The Hall–Kier alpha value is -1.19. The Kier molecular flexibility index (Phi) is 6.90. The van der Waals surface area contributed by atoms with Gasteiger partial charge < -0.3 is 10.1 Å². The topological polar surface area (TPSA) is 34.1 Å². The number of hydrogen-bond donors (Lipinski definition) is 1. The molecule has 1 aliphatic rings. The molecule has 0 aliphatic heterocycles. The summed E-state index contributed by atoms with van der Waals surface area (Å²) in [5, 5.41) is 3.38. The van der Waals surface area contributed by atoms with Gasteiger partial charge >= 0.3 is 0 Å². The fourth-order valence-electron chi connectivity index (χ4n) is 2.61. The quantitative estimate of drug-likeness (QED) is 0.585. The Bertz CT molecular complexity index is 427. The first kappa shape index (κ1) is 16.2. The van der Waals surface area contributed by atoms with Crippen LogP contribution >= 0.6 is 0 Å². The lowest BCUT2D eigenvalue weighted by molar-refractivity contribution is 0.0662. The van der Waals surface area contributed by atoms with Gasteiger partial charge in [-0.2, -0.15) is 0 Å². The van der Waals surface area contributed by atoms with Gasteiger partial charge in [-0.05, 0) is 49.3 Å². The van der Waals surface area contributed by atoms with E-state index in [-0.39, 0.29) is 0 Å². The van der Waals surface area contributed by atoms with Gasteiger partial charge in [-0.1, -0.05) is 32.1 Å². The molecule has 2 atom stereocenters. The van der Waals surface area contributed by atoms with Crippen LogP contribution in [-0.2, 0) is 17.9 Å². The molecule has 3 nitrogen and oxygen atoms in total. The highest BCUT2D eigenvalue weighted by Gasteiger charge is 2.18. The maximum Gasteiger partial charge on any atom is 0.0887 e. The van der Waals surface area contributed by atoms with Crippen molar-refractivity contribution in [1.82, 2.24) is 10.3 Å². The lowest BCUT2D eigenvalue weighted by Crippen LogP contribution is -2.19. The molecule has 0 bridgehead atoms. The number of ether oxygens (including phenoxy) is 1. The summed E-state index contributed by atoms with van der Waals surface area (Å²) in [5.74, 6) is 1.39. The minimum atomic E-state index is 0.621. The molecule has 1 N–H and O–H groups in total. The molecule has 0 amide bonds. The van der Waals surface area contributed by atoms with Gasteiger partial charge in [0.2, 0.25) is 0 Å². The number of pyridine rings is 1. The summed E-state index contributed by atoms with van der Waals surface area (Å²) < 4.78 is 5.86. The second kappa shape index (κ2) is 8.96. The molecule has 0 radical (unpaired) electrons. The molecule has 0 saturated heterocycles. The zero-order valence-electron chi connectivity index (χ0n) is 13.3. The molecule has 2 rings (SSSR count). The highest BCUT2D eigenvalue weighted by molar-refractivity contribution is 5.13. The van der Waals surface area contributed by atoms with E-state index >= 15 is 0 Å². The summed E-state index contributed by atoms with van der Waals surface area (Å²) in [6, 6.07) is 4.22. The van der Waals surface area contributed by atoms with Crippen LogP contribution in [0.3, 0.4) is 0 Å². The average Bonchev–Trinajstić information content (AvgIpc) is 2.51. The van der Waals surface area contributed by atoms with E-state index in [0.29, 0.717) is 12.5 Å². The van der Waals surface area contributed by atoms with Gasteiger partial charge in [0.1, 0.15) is 0 Å².